The highest BCUT2D eigenvalue weighted by atomic mass is 35.5. The van der Waals surface area contributed by atoms with Gasteiger partial charge in [-0.25, -0.2) is 0 Å². The average molecular weight is 508 g/mol. The summed E-state index contributed by atoms with van der Waals surface area (Å²) in [6.45, 7) is 2.00. The van der Waals surface area contributed by atoms with Crippen molar-refractivity contribution in [2.75, 3.05) is 10.2 Å². The van der Waals surface area contributed by atoms with E-state index in [1.54, 1.807) is 48.5 Å². The molecule has 34 heavy (non-hydrogen) atoms. The van der Waals surface area contributed by atoms with Crippen molar-refractivity contribution in [2.24, 2.45) is 0 Å². The summed E-state index contributed by atoms with van der Waals surface area (Å²) >= 11 is 13.2. The number of thioether (sulfide) groups is 1. The minimum Gasteiger partial charge on any atom is -0.321 e. The normalized spacial score (nSPS) is 16.8. The molecule has 1 heterocycles. The first kappa shape index (κ1) is 23.9. The van der Waals surface area contributed by atoms with Gasteiger partial charge in [0.15, 0.2) is 0 Å². The fraction of sp³-hybridized carbons (Fsp3) is 0.115. The smallest absolute Gasteiger partial charge is 0.269 e. The lowest BCUT2D eigenvalue weighted by atomic mass is 10.1. The van der Waals surface area contributed by atoms with Crippen molar-refractivity contribution in [3.63, 3.8) is 0 Å². The van der Waals surface area contributed by atoms with E-state index in [-0.39, 0.29) is 11.5 Å². The lowest BCUT2D eigenvalue weighted by Crippen LogP contribution is -2.30. The first-order valence-electron chi connectivity index (χ1n) is 10.4. The van der Waals surface area contributed by atoms with Gasteiger partial charge in [-0.3, -0.25) is 14.5 Å². The van der Waals surface area contributed by atoms with Gasteiger partial charge in [-0.15, -0.1) is 0 Å². The number of aryl methyl sites for hydroxylation is 1. The van der Waals surface area contributed by atoms with Crippen LogP contribution in [0, 0.1) is 18.3 Å². The van der Waals surface area contributed by atoms with Gasteiger partial charge in [0.25, 0.3) is 5.91 Å². The van der Waals surface area contributed by atoms with Crippen LogP contribution in [-0.4, -0.2) is 17.1 Å². The maximum absolute atomic E-state index is 13.5. The van der Waals surface area contributed by atoms with Gasteiger partial charge in [0, 0.05) is 21.4 Å². The first-order chi connectivity index (χ1) is 16.4. The van der Waals surface area contributed by atoms with Gasteiger partial charge in [-0.2, -0.15) is 5.26 Å². The summed E-state index contributed by atoms with van der Waals surface area (Å²) in [4.78, 5) is 28.0. The van der Waals surface area contributed by atoms with E-state index in [4.69, 9.17) is 23.2 Å². The predicted octanol–water partition coefficient (Wildman–Crippen LogP) is 6.37. The number of carbonyl (C=O) groups excluding carboxylic acids is 2. The highest BCUT2D eigenvalue weighted by Gasteiger charge is 2.40. The number of nitrogens with zero attached hydrogens (tertiary/aromatic N) is 2. The molecule has 1 saturated heterocycles. The number of nitrogens with one attached hydrogen (secondary N) is 1. The Kier molecular flexibility index (Phi) is 7.28. The van der Waals surface area contributed by atoms with Gasteiger partial charge < -0.3 is 5.32 Å². The highest BCUT2D eigenvalue weighted by molar-refractivity contribution is 8.05. The van der Waals surface area contributed by atoms with E-state index in [0.29, 0.717) is 32.9 Å². The van der Waals surface area contributed by atoms with Crippen LogP contribution in [0.1, 0.15) is 11.1 Å². The molecule has 170 valence electrons. The van der Waals surface area contributed by atoms with Crippen LogP contribution in [0.4, 0.5) is 11.4 Å². The van der Waals surface area contributed by atoms with Crippen LogP contribution >= 0.6 is 35.0 Å². The molecule has 0 spiro atoms. The second kappa shape index (κ2) is 10.4. The molecule has 8 heteroatoms. The Bertz CT molecular complexity index is 1300. The van der Waals surface area contributed by atoms with E-state index in [9.17, 15) is 14.9 Å². The number of amides is 2. The minimum atomic E-state index is -0.602. The number of anilines is 2. The second-order valence-corrected chi connectivity index (χ2v) is 9.76. The van der Waals surface area contributed by atoms with Crippen molar-refractivity contribution in [3.8, 4) is 6.07 Å². The summed E-state index contributed by atoms with van der Waals surface area (Å²) in [6.07, 6.45) is 0.467. The van der Waals surface area contributed by atoms with Crippen LogP contribution in [-0.2, 0) is 16.0 Å². The summed E-state index contributed by atoms with van der Waals surface area (Å²) < 4.78 is 0. The standard InChI is InChI=1S/C26H19Cl2N3O2S/c1-16-2-4-17(5-3-16)14-23-25(33)31(21-12-8-19(28)9-13-21)26(34-23)22(15-29)24(32)30-20-10-6-18(27)7-11-20/h2-13,23H,14H2,1H3,(H,30,32)/b26-22-/t23-/m1/s1. The predicted molar refractivity (Wildman–Crippen MR) is 138 cm³/mol. The van der Waals surface area contributed by atoms with Gasteiger partial charge in [0.2, 0.25) is 5.91 Å². The maximum Gasteiger partial charge on any atom is 0.269 e. The van der Waals surface area contributed by atoms with Crippen LogP contribution in [0.15, 0.2) is 83.4 Å². The molecule has 3 aromatic rings. The molecule has 1 aliphatic rings. The maximum atomic E-state index is 13.5. The van der Waals surface area contributed by atoms with Crippen molar-refractivity contribution >= 4 is 58.2 Å². The SMILES string of the molecule is Cc1ccc(C[C@H]2S/C(=C(/C#N)C(=O)Nc3ccc(Cl)cc3)N(c3ccc(Cl)cc3)C2=O)cc1. The van der Waals surface area contributed by atoms with Crippen molar-refractivity contribution in [1.29, 1.82) is 5.26 Å². The molecular formula is C26H19Cl2N3O2S. The fourth-order valence-corrected chi connectivity index (χ4v) is 5.04. The molecule has 4 rings (SSSR count). The van der Waals surface area contributed by atoms with E-state index in [2.05, 4.69) is 5.32 Å². The Hall–Kier alpha value is -3.24. The molecule has 1 N–H and O–H groups in total. The highest BCUT2D eigenvalue weighted by Crippen LogP contribution is 2.42. The van der Waals surface area contributed by atoms with Crippen LogP contribution in [0.3, 0.4) is 0 Å². The second-order valence-electron chi connectivity index (χ2n) is 7.70. The van der Waals surface area contributed by atoms with Gasteiger partial charge in [-0.1, -0.05) is 64.8 Å². The van der Waals surface area contributed by atoms with Crippen LogP contribution < -0.4 is 10.2 Å². The third kappa shape index (κ3) is 5.28. The van der Waals surface area contributed by atoms with Crippen molar-refractivity contribution in [3.05, 3.63) is 105 Å². The molecule has 2 amide bonds. The fourth-order valence-electron chi connectivity index (χ4n) is 3.48. The molecule has 0 saturated carbocycles. The molecule has 0 aromatic heterocycles. The van der Waals surface area contributed by atoms with Crippen molar-refractivity contribution < 1.29 is 9.59 Å². The molecule has 1 atom stereocenters. The van der Waals surface area contributed by atoms with E-state index in [1.165, 1.54) is 16.7 Å². The number of rotatable bonds is 5. The zero-order valence-corrected chi connectivity index (χ0v) is 20.4. The molecule has 0 unspecified atom stereocenters. The van der Waals surface area contributed by atoms with Gasteiger partial charge in [0.05, 0.1) is 5.25 Å². The van der Waals surface area contributed by atoms with Gasteiger partial charge >= 0.3 is 0 Å². The molecule has 0 bridgehead atoms. The lowest BCUT2D eigenvalue weighted by molar-refractivity contribution is -0.117. The van der Waals surface area contributed by atoms with Crippen LogP contribution in [0.5, 0.6) is 0 Å². The number of nitriles is 1. The largest absolute Gasteiger partial charge is 0.321 e. The van der Waals surface area contributed by atoms with Gasteiger partial charge in [-0.05, 0) is 67.4 Å². The lowest BCUT2D eigenvalue weighted by Gasteiger charge is -2.19. The van der Waals surface area contributed by atoms with Crippen LogP contribution in [0.25, 0.3) is 0 Å². The molecule has 1 aliphatic heterocycles. The Morgan fingerprint density at radius 1 is 1.00 bits per heavy atom. The topological polar surface area (TPSA) is 73.2 Å². The Morgan fingerprint density at radius 2 is 1.59 bits per heavy atom. The van der Waals surface area contributed by atoms with E-state index >= 15 is 0 Å². The Labute approximate surface area is 212 Å². The van der Waals surface area contributed by atoms with Crippen LogP contribution in [0.2, 0.25) is 10.0 Å². The summed E-state index contributed by atoms with van der Waals surface area (Å²) in [5.41, 5.74) is 3.01. The van der Waals surface area contributed by atoms with E-state index in [1.807, 2.05) is 37.3 Å². The summed E-state index contributed by atoms with van der Waals surface area (Å²) in [5, 5.41) is 13.5. The average Bonchev–Trinajstić information content (AvgIpc) is 3.13. The minimum absolute atomic E-state index is 0.144. The molecule has 3 aromatic carbocycles. The number of hydrogen-bond acceptors (Lipinski definition) is 4. The van der Waals surface area contributed by atoms with Crippen molar-refractivity contribution in [1.82, 2.24) is 0 Å². The molecule has 0 radical (unpaired) electrons. The van der Waals surface area contributed by atoms with E-state index < -0.39 is 11.2 Å². The number of benzene rings is 3. The molecular weight excluding hydrogens is 489 g/mol. The summed E-state index contributed by atoms with van der Waals surface area (Å²) in [6, 6.07) is 23.2. The number of halogens is 2. The molecule has 0 aliphatic carbocycles. The zero-order chi connectivity index (χ0) is 24.2. The number of carbonyl (C=O) groups is 2. The number of hydrogen-bond donors (Lipinski definition) is 1. The van der Waals surface area contributed by atoms with E-state index in [0.717, 1.165) is 11.1 Å². The Balaban J connectivity index is 1.71. The zero-order valence-electron chi connectivity index (χ0n) is 18.1. The molecule has 1 fully saturated rings. The third-order valence-corrected chi connectivity index (χ3v) is 7.00. The third-order valence-electron chi connectivity index (χ3n) is 5.23. The Morgan fingerprint density at radius 3 is 2.18 bits per heavy atom. The molecule has 5 nitrogen and oxygen atoms in total. The summed E-state index contributed by atoms with van der Waals surface area (Å²) in [7, 11) is 0. The van der Waals surface area contributed by atoms with Crippen molar-refractivity contribution in [2.45, 2.75) is 18.6 Å². The quantitative estimate of drug-likeness (QED) is 0.321. The van der Waals surface area contributed by atoms with Gasteiger partial charge in [0.1, 0.15) is 16.7 Å². The summed E-state index contributed by atoms with van der Waals surface area (Å²) in [5.74, 6) is -0.801. The monoisotopic (exact) mass is 507 g/mol. The first-order valence-corrected chi connectivity index (χ1v) is 12.0.